The Morgan fingerprint density at radius 3 is 3.00 bits per heavy atom. The molecule has 1 aliphatic heterocycles. The van der Waals surface area contributed by atoms with Crippen LogP contribution < -0.4 is 0 Å². The van der Waals surface area contributed by atoms with Gasteiger partial charge in [-0.2, -0.15) is 0 Å². The van der Waals surface area contributed by atoms with Crippen molar-refractivity contribution in [2.75, 3.05) is 19.6 Å². The average Bonchev–Trinajstić information content (AvgIpc) is 2.05. The van der Waals surface area contributed by atoms with Gasteiger partial charge in [0.15, 0.2) is 0 Å². The number of hydrogen-bond acceptors (Lipinski definition) is 3. The molecule has 0 aromatic rings. The van der Waals surface area contributed by atoms with Crippen molar-refractivity contribution in [2.24, 2.45) is 5.92 Å². The van der Waals surface area contributed by atoms with Crippen molar-refractivity contribution in [2.45, 2.75) is 12.8 Å². The van der Waals surface area contributed by atoms with Crippen LogP contribution in [0.4, 0.5) is 0 Å². The molecule has 0 spiro atoms. The van der Waals surface area contributed by atoms with Crippen molar-refractivity contribution in [3.05, 3.63) is 0 Å². The van der Waals surface area contributed by atoms with Gasteiger partial charge in [-0.1, -0.05) is 0 Å². The van der Waals surface area contributed by atoms with E-state index in [0.29, 0.717) is 13.1 Å². The van der Waals surface area contributed by atoms with Crippen LogP contribution in [0.15, 0.2) is 0 Å². The first-order chi connectivity index (χ1) is 5.74. The minimum Gasteiger partial charge on any atom is -0.481 e. The molecule has 1 N–H and O–H groups in total. The number of carbonyl (C=O) groups excluding carboxylic acids is 1. The predicted molar refractivity (Wildman–Crippen MR) is 42.9 cm³/mol. The molecule has 1 fully saturated rings. The minimum absolute atomic E-state index is 0.279. The fourth-order valence-corrected chi connectivity index (χ4v) is 1.53. The van der Waals surface area contributed by atoms with Crippen LogP contribution in [0.25, 0.3) is 0 Å². The maximum Gasteiger partial charge on any atom is 0.307 e. The zero-order valence-corrected chi connectivity index (χ0v) is 6.90. The van der Waals surface area contributed by atoms with Crippen LogP contribution in [-0.4, -0.2) is 41.9 Å². The summed E-state index contributed by atoms with van der Waals surface area (Å²) < 4.78 is 0. The number of carboxylic acid groups (broad SMARTS) is 1. The number of piperidine rings is 1. The average molecular weight is 171 g/mol. The second-order valence-corrected chi connectivity index (χ2v) is 3.10. The van der Waals surface area contributed by atoms with Gasteiger partial charge in [-0.3, -0.25) is 9.69 Å². The Balaban J connectivity index is 2.39. The summed E-state index contributed by atoms with van der Waals surface area (Å²) in [7, 11) is 0. The molecule has 1 rings (SSSR count). The predicted octanol–water partition coefficient (Wildman–Crippen LogP) is -0.0181. The standard InChI is InChI=1S/C8H13NO3/c10-5-4-9-3-1-2-7(6-9)8(11)12/h5,7H,1-4,6H2,(H,11,12). The molecule has 1 aliphatic rings. The normalized spacial score (nSPS) is 25.2. The van der Waals surface area contributed by atoms with Crippen molar-refractivity contribution < 1.29 is 14.7 Å². The van der Waals surface area contributed by atoms with Crippen LogP contribution in [0.1, 0.15) is 12.8 Å². The van der Waals surface area contributed by atoms with Gasteiger partial charge in [-0.05, 0) is 19.4 Å². The highest BCUT2D eigenvalue weighted by molar-refractivity contribution is 5.70. The van der Waals surface area contributed by atoms with Crippen LogP contribution in [0.3, 0.4) is 0 Å². The summed E-state index contributed by atoms with van der Waals surface area (Å²) in [5.41, 5.74) is 0. The van der Waals surface area contributed by atoms with Gasteiger partial charge in [-0.15, -0.1) is 0 Å². The molecule has 1 heterocycles. The lowest BCUT2D eigenvalue weighted by Gasteiger charge is -2.28. The van der Waals surface area contributed by atoms with E-state index in [1.165, 1.54) is 0 Å². The second kappa shape index (κ2) is 4.21. The van der Waals surface area contributed by atoms with E-state index in [1.54, 1.807) is 0 Å². The summed E-state index contributed by atoms with van der Waals surface area (Å²) in [6.45, 7) is 1.74. The van der Waals surface area contributed by atoms with Gasteiger partial charge in [0.25, 0.3) is 0 Å². The topological polar surface area (TPSA) is 57.6 Å². The van der Waals surface area contributed by atoms with Gasteiger partial charge in [0, 0.05) is 6.54 Å². The van der Waals surface area contributed by atoms with E-state index in [-0.39, 0.29) is 5.92 Å². The Bertz CT molecular complexity index is 181. The molecular formula is C8H13NO3. The van der Waals surface area contributed by atoms with E-state index >= 15 is 0 Å². The third-order valence-electron chi connectivity index (χ3n) is 2.19. The Morgan fingerprint density at radius 1 is 1.67 bits per heavy atom. The van der Waals surface area contributed by atoms with Gasteiger partial charge in [-0.25, -0.2) is 0 Å². The number of aliphatic carboxylic acids is 1. The monoisotopic (exact) mass is 171 g/mol. The lowest BCUT2D eigenvalue weighted by atomic mass is 9.98. The molecule has 1 atom stereocenters. The summed E-state index contributed by atoms with van der Waals surface area (Å²) >= 11 is 0. The molecule has 68 valence electrons. The molecule has 0 amide bonds. The number of rotatable bonds is 3. The van der Waals surface area contributed by atoms with E-state index < -0.39 is 5.97 Å². The molecule has 4 nitrogen and oxygen atoms in total. The van der Waals surface area contributed by atoms with Gasteiger partial charge in [0.05, 0.1) is 12.5 Å². The van der Waals surface area contributed by atoms with Gasteiger partial charge in [0.2, 0.25) is 0 Å². The van der Waals surface area contributed by atoms with E-state index in [1.807, 2.05) is 4.90 Å². The molecule has 0 radical (unpaired) electrons. The number of hydrogen-bond donors (Lipinski definition) is 1. The van der Waals surface area contributed by atoms with Gasteiger partial charge in [0.1, 0.15) is 6.29 Å². The number of carbonyl (C=O) groups is 2. The Labute approximate surface area is 71.2 Å². The fourth-order valence-electron chi connectivity index (χ4n) is 1.53. The van der Waals surface area contributed by atoms with Crippen molar-refractivity contribution in [3.63, 3.8) is 0 Å². The molecular weight excluding hydrogens is 158 g/mol. The van der Waals surface area contributed by atoms with E-state index in [9.17, 15) is 9.59 Å². The first kappa shape index (κ1) is 9.19. The fraction of sp³-hybridized carbons (Fsp3) is 0.750. The maximum absolute atomic E-state index is 10.6. The molecule has 0 aromatic carbocycles. The van der Waals surface area contributed by atoms with Crippen LogP contribution >= 0.6 is 0 Å². The van der Waals surface area contributed by atoms with Crippen LogP contribution in [0.5, 0.6) is 0 Å². The summed E-state index contributed by atoms with van der Waals surface area (Å²) in [4.78, 5) is 22.6. The lowest BCUT2D eigenvalue weighted by molar-refractivity contribution is -0.143. The number of carboxylic acids is 1. The molecule has 0 bridgehead atoms. The third-order valence-corrected chi connectivity index (χ3v) is 2.19. The largest absolute Gasteiger partial charge is 0.481 e. The molecule has 0 aliphatic carbocycles. The first-order valence-electron chi connectivity index (χ1n) is 4.13. The molecule has 1 saturated heterocycles. The third kappa shape index (κ3) is 2.30. The Hall–Kier alpha value is -0.900. The molecule has 1 unspecified atom stereocenters. The first-order valence-corrected chi connectivity index (χ1v) is 4.13. The summed E-state index contributed by atoms with van der Waals surface area (Å²) in [5.74, 6) is -1.02. The van der Waals surface area contributed by atoms with Crippen LogP contribution in [0.2, 0.25) is 0 Å². The number of aldehydes is 1. The Kier molecular flexibility index (Phi) is 3.22. The molecule has 12 heavy (non-hydrogen) atoms. The molecule has 0 saturated carbocycles. The highest BCUT2D eigenvalue weighted by Crippen LogP contribution is 2.15. The summed E-state index contributed by atoms with van der Waals surface area (Å²) in [6, 6.07) is 0. The number of likely N-dealkylation sites (tertiary alicyclic amines) is 1. The number of nitrogens with zero attached hydrogens (tertiary/aromatic N) is 1. The zero-order valence-electron chi connectivity index (χ0n) is 6.90. The minimum atomic E-state index is -0.745. The van der Waals surface area contributed by atoms with Gasteiger partial charge >= 0.3 is 5.97 Å². The highest BCUT2D eigenvalue weighted by atomic mass is 16.4. The summed E-state index contributed by atoms with van der Waals surface area (Å²) in [6.07, 6.45) is 2.44. The van der Waals surface area contributed by atoms with Crippen molar-refractivity contribution in [3.8, 4) is 0 Å². The van der Waals surface area contributed by atoms with Crippen molar-refractivity contribution in [1.29, 1.82) is 0 Å². The quantitative estimate of drug-likeness (QED) is 0.606. The maximum atomic E-state index is 10.6. The van der Waals surface area contributed by atoms with Crippen LogP contribution in [-0.2, 0) is 9.59 Å². The molecule has 0 aromatic heterocycles. The SMILES string of the molecule is O=CCN1CCCC(C(=O)O)C1. The van der Waals surface area contributed by atoms with E-state index in [2.05, 4.69) is 0 Å². The van der Waals surface area contributed by atoms with E-state index in [4.69, 9.17) is 5.11 Å². The van der Waals surface area contributed by atoms with Crippen LogP contribution in [0, 0.1) is 5.92 Å². The van der Waals surface area contributed by atoms with Crippen molar-refractivity contribution >= 4 is 12.3 Å². The Morgan fingerprint density at radius 2 is 2.42 bits per heavy atom. The molecule has 4 heteroatoms. The van der Waals surface area contributed by atoms with Crippen molar-refractivity contribution in [1.82, 2.24) is 4.90 Å². The summed E-state index contributed by atoms with van der Waals surface area (Å²) in [5, 5.41) is 8.71. The van der Waals surface area contributed by atoms with Gasteiger partial charge < -0.3 is 9.90 Å². The second-order valence-electron chi connectivity index (χ2n) is 3.10. The lowest BCUT2D eigenvalue weighted by Crippen LogP contribution is -2.39. The highest BCUT2D eigenvalue weighted by Gasteiger charge is 2.24. The zero-order chi connectivity index (χ0) is 8.97. The smallest absolute Gasteiger partial charge is 0.307 e. The van der Waals surface area contributed by atoms with E-state index in [0.717, 1.165) is 25.7 Å².